The molecule has 34 heavy (non-hydrogen) atoms. The van der Waals surface area contributed by atoms with Gasteiger partial charge >= 0.3 is 0 Å². The predicted octanol–water partition coefficient (Wildman–Crippen LogP) is 6.71. The number of para-hydroxylation sites is 1. The monoisotopic (exact) mass is 456 g/mol. The third-order valence-electron chi connectivity index (χ3n) is 7.24. The van der Waals surface area contributed by atoms with E-state index in [9.17, 15) is 0 Å². The van der Waals surface area contributed by atoms with Crippen molar-refractivity contribution in [1.82, 2.24) is 4.90 Å². The van der Waals surface area contributed by atoms with Gasteiger partial charge in [-0.25, -0.2) is 0 Å². The van der Waals surface area contributed by atoms with E-state index in [1.54, 1.807) is 0 Å². The van der Waals surface area contributed by atoms with Crippen LogP contribution < -0.4 is 4.90 Å². The average molecular weight is 457 g/mol. The maximum absolute atomic E-state index is 3.95. The van der Waals surface area contributed by atoms with Gasteiger partial charge in [0.25, 0.3) is 0 Å². The number of anilines is 1. The Morgan fingerprint density at radius 3 is 2.35 bits per heavy atom. The van der Waals surface area contributed by atoms with Crippen molar-refractivity contribution >= 4 is 23.2 Å². The lowest BCUT2D eigenvalue weighted by Gasteiger charge is -2.36. The zero-order valence-corrected chi connectivity index (χ0v) is 21.1. The van der Waals surface area contributed by atoms with Gasteiger partial charge in [-0.05, 0) is 42.8 Å². The Labute approximate surface area is 207 Å². The summed E-state index contributed by atoms with van der Waals surface area (Å²) in [6, 6.07) is 17.8. The number of rotatable bonds is 12. The quantitative estimate of drug-likeness (QED) is 0.199. The normalized spacial score (nSPS) is 16.4. The smallest absolute Gasteiger partial charge is 0.209 e. The number of allylic oxidation sites excluding steroid dienone is 1. The van der Waals surface area contributed by atoms with E-state index in [0.717, 1.165) is 26.1 Å². The summed E-state index contributed by atoms with van der Waals surface area (Å²) in [6.45, 7) is 13.0. The molecule has 0 radical (unpaired) electrons. The van der Waals surface area contributed by atoms with Crippen LogP contribution in [0.25, 0.3) is 6.08 Å². The van der Waals surface area contributed by atoms with Crippen molar-refractivity contribution in [2.24, 2.45) is 0 Å². The second-order valence-electron chi connectivity index (χ2n) is 9.72. The SMILES string of the molecule is C=CC[N+]1=C(/C=C/c2ccc(N3CCN(CCCCCCCC)CC3)cc2)Cc2ccccc21. The first-order valence-corrected chi connectivity index (χ1v) is 13.4. The van der Waals surface area contributed by atoms with Gasteiger partial charge in [-0.2, -0.15) is 4.58 Å². The van der Waals surface area contributed by atoms with E-state index in [0.29, 0.717) is 0 Å². The minimum Gasteiger partial charge on any atom is -0.369 e. The molecule has 2 aliphatic rings. The summed E-state index contributed by atoms with van der Waals surface area (Å²) in [7, 11) is 0. The summed E-state index contributed by atoms with van der Waals surface area (Å²) in [6.07, 6.45) is 15.8. The molecule has 2 aromatic carbocycles. The van der Waals surface area contributed by atoms with Gasteiger partial charge in [-0.15, -0.1) is 0 Å². The molecule has 2 heterocycles. The summed E-state index contributed by atoms with van der Waals surface area (Å²) in [5.41, 5.74) is 6.66. The Morgan fingerprint density at radius 1 is 0.853 bits per heavy atom. The van der Waals surface area contributed by atoms with Crippen LogP contribution in [-0.4, -0.2) is 54.5 Å². The fraction of sp³-hybridized carbons (Fsp3) is 0.452. The number of hydrogen-bond donors (Lipinski definition) is 0. The van der Waals surface area contributed by atoms with Crippen molar-refractivity contribution in [3.8, 4) is 0 Å². The first kappa shape index (κ1) is 24.5. The molecule has 180 valence electrons. The van der Waals surface area contributed by atoms with E-state index in [-0.39, 0.29) is 0 Å². The Kier molecular flexibility index (Phi) is 9.15. The molecule has 2 aromatic rings. The van der Waals surface area contributed by atoms with Crippen LogP contribution in [0.15, 0.2) is 67.3 Å². The number of hydrogen-bond acceptors (Lipinski definition) is 2. The van der Waals surface area contributed by atoms with E-state index >= 15 is 0 Å². The van der Waals surface area contributed by atoms with Gasteiger partial charge in [0.05, 0.1) is 6.42 Å². The first-order valence-electron chi connectivity index (χ1n) is 13.4. The lowest BCUT2D eigenvalue weighted by Crippen LogP contribution is -2.46. The molecule has 3 nitrogen and oxygen atoms in total. The Morgan fingerprint density at radius 2 is 1.59 bits per heavy atom. The Hall–Kier alpha value is -2.65. The number of fused-ring (bicyclic) bond motifs is 1. The molecule has 4 rings (SSSR count). The van der Waals surface area contributed by atoms with Crippen LogP contribution in [0.5, 0.6) is 0 Å². The fourth-order valence-corrected chi connectivity index (χ4v) is 5.20. The van der Waals surface area contributed by atoms with Crippen LogP contribution in [0.2, 0.25) is 0 Å². The molecular formula is C31H42N3+. The molecule has 1 fully saturated rings. The number of benzene rings is 2. The van der Waals surface area contributed by atoms with E-state index in [2.05, 4.69) is 88.6 Å². The minimum absolute atomic E-state index is 0.848. The molecular weight excluding hydrogens is 414 g/mol. The highest BCUT2D eigenvalue weighted by atomic mass is 15.3. The van der Waals surface area contributed by atoms with Crippen LogP contribution in [-0.2, 0) is 6.42 Å². The van der Waals surface area contributed by atoms with Crippen LogP contribution in [0.1, 0.15) is 56.6 Å². The van der Waals surface area contributed by atoms with Crippen LogP contribution in [0.3, 0.4) is 0 Å². The van der Waals surface area contributed by atoms with Crippen molar-refractivity contribution in [3.05, 3.63) is 78.4 Å². The largest absolute Gasteiger partial charge is 0.369 e. The van der Waals surface area contributed by atoms with E-state index in [1.807, 2.05) is 6.08 Å². The van der Waals surface area contributed by atoms with Gasteiger partial charge in [0, 0.05) is 49.6 Å². The average Bonchev–Trinajstić information content (AvgIpc) is 3.23. The van der Waals surface area contributed by atoms with Gasteiger partial charge in [-0.1, -0.05) is 75.9 Å². The highest BCUT2D eigenvalue weighted by Crippen LogP contribution is 2.27. The third-order valence-corrected chi connectivity index (χ3v) is 7.24. The van der Waals surface area contributed by atoms with Crippen LogP contribution in [0, 0.1) is 0 Å². The highest BCUT2D eigenvalue weighted by molar-refractivity contribution is 5.99. The molecule has 1 saturated heterocycles. The van der Waals surface area contributed by atoms with E-state index < -0.39 is 0 Å². The molecule has 2 aliphatic heterocycles. The summed E-state index contributed by atoms with van der Waals surface area (Å²) < 4.78 is 2.37. The van der Waals surface area contributed by atoms with Gasteiger partial charge in [0.2, 0.25) is 5.69 Å². The lowest BCUT2D eigenvalue weighted by molar-refractivity contribution is -0.424. The molecule has 0 aromatic heterocycles. The molecule has 3 heteroatoms. The molecule has 0 N–H and O–H groups in total. The standard InChI is InChI=1S/C31H42N3/c1-3-5-6-7-8-11-21-32-22-24-33(25-23-32)29-17-14-27(15-18-29)16-19-30-26-28-12-9-10-13-31(28)34(30)20-4-2/h4,9-10,12-19H,2-3,5-8,11,20-26H2,1H3/q+1. The van der Waals surface area contributed by atoms with Gasteiger partial charge < -0.3 is 4.90 Å². The molecule has 0 unspecified atom stereocenters. The number of piperazine rings is 1. The minimum atomic E-state index is 0.848. The number of nitrogens with zero attached hydrogens (tertiary/aromatic N) is 3. The molecule has 0 spiro atoms. The molecule has 0 bridgehead atoms. The highest BCUT2D eigenvalue weighted by Gasteiger charge is 2.26. The van der Waals surface area contributed by atoms with Crippen molar-refractivity contribution in [1.29, 1.82) is 0 Å². The number of unbranched alkanes of at least 4 members (excludes halogenated alkanes) is 5. The van der Waals surface area contributed by atoms with Crippen molar-refractivity contribution in [2.45, 2.75) is 51.9 Å². The fourth-order valence-electron chi connectivity index (χ4n) is 5.20. The summed E-state index contributed by atoms with van der Waals surface area (Å²) in [5.74, 6) is 0. The Balaban J connectivity index is 1.27. The zero-order valence-electron chi connectivity index (χ0n) is 21.1. The van der Waals surface area contributed by atoms with Gasteiger partial charge in [0.15, 0.2) is 12.3 Å². The van der Waals surface area contributed by atoms with Crippen LogP contribution in [0.4, 0.5) is 11.4 Å². The summed E-state index contributed by atoms with van der Waals surface area (Å²) in [5, 5.41) is 0. The van der Waals surface area contributed by atoms with Crippen molar-refractivity contribution in [2.75, 3.05) is 44.2 Å². The maximum atomic E-state index is 3.95. The molecule has 0 saturated carbocycles. The van der Waals surface area contributed by atoms with Gasteiger partial charge in [-0.3, -0.25) is 4.90 Å². The summed E-state index contributed by atoms with van der Waals surface area (Å²) >= 11 is 0. The van der Waals surface area contributed by atoms with Gasteiger partial charge in [0.1, 0.15) is 0 Å². The lowest BCUT2D eigenvalue weighted by atomic mass is 10.1. The van der Waals surface area contributed by atoms with Crippen molar-refractivity contribution in [3.63, 3.8) is 0 Å². The summed E-state index contributed by atoms with van der Waals surface area (Å²) in [4.78, 5) is 5.19. The third kappa shape index (κ3) is 6.48. The van der Waals surface area contributed by atoms with Crippen molar-refractivity contribution < 1.29 is 4.58 Å². The van der Waals surface area contributed by atoms with E-state index in [1.165, 1.54) is 86.4 Å². The topological polar surface area (TPSA) is 9.49 Å². The Bertz CT molecular complexity index is 978. The molecule has 0 aliphatic carbocycles. The second-order valence-corrected chi connectivity index (χ2v) is 9.72. The first-order chi connectivity index (χ1) is 16.8. The van der Waals surface area contributed by atoms with E-state index in [4.69, 9.17) is 0 Å². The molecule has 0 amide bonds. The predicted molar refractivity (Wildman–Crippen MR) is 148 cm³/mol. The van der Waals surface area contributed by atoms with Crippen LogP contribution >= 0.6 is 0 Å². The maximum Gasteiger partial charge on any atom is 0.209 e. The molecule has 0 atom stereocenters. The second kappa shape index (κ2) is 12.7. The zero-order chi connectivity index (χ0) is 23.6.